The Hall–Kier alpha value is -1.10. The van der Waals surface area contributed by atoms with Gasteiger partial charge in [0, 0.05) is 19.3 Å². The number of nitrogens with zero attached hydrogens (tertiary/aromatic N) is 1. The second-order valence-corrected chi connectivity index (χ2v) is 12.0. The van der Waals surface area contributed by atoms with Gasteiger partial charge >= 0.3 is 0 Å². The highest BCUT2D eigenvalue weighted by molar-refractivity contribution is 7.85. The van der Waals surface area contributed by atoms with Crippen LogP contribution in [0.2, 0.25) is 0 Å². The summed E-state index contributed by atoms with van der Waals surface area (Å²) in [5.41, 5.74) is 0. The topological polar surface area (TPSA) is 83.5 Å². The molecule has 0 spiro atoms. The lowest BCUT2D eigenvalue weighted by molar-refractivity contribution is -0.889. The van der Waals surface area contributed by atoms with Crippen LogP contribution in [0.1, 0.15) is 116 Å². The Morgan fingerprint density at radius 1 is 0.765 bits per heavy atom. The smallest absolute Gasteiger partial charge is 0.265 e. The summed E-state index contributed by atoms with van der Waals surface area (Å²) >= 11 is 0. The van der Waals surface area contributed by atoms with Gasteiger partial charge in [0.2, 0.25) is 5.91 Å². The van der Waals surface area contributed by atoms with Gasteiger partial charge in [-0.25, -0.2) is 0 Å². The average Bonchev–Trinajstić information content (AvgIpc) is 2.74. The van der Waals surface area contributed by atoms with E-state index >= 15 is 0 Å². The van der Waals surface area contributed by atoms with E-state index < -0.39 is 10.1 Å². The van der Waals surface area contributed by atoms with Crippen LogP contribution in [0.25, 0.3) is 0 Å². The van der Waals surface area contributed by atoms with Gasteiger partial charge in [0.05, 0.1) is 39.5 Å². The Bertz CT molecular complexity index is 642. The lowest BCUT2D eigenvalue weighted by atomic mass is 10.0. The van der Waals surface area contributed by atoms with Crippen LogP contribution in [0.4, 0.5) is 0 Å². The molecule has 0 aliphatic rings. The Labute approximate surface area is 211 Å². The molecule has 0 bridgehead atoms. The Morgan fingerprint density at radius 3 is 1.65 bits per heavy atom. The lowest BCUT2D eigenvalue weighted by Crippen LogP contribution is -2.46. The van der Waals surface area contributed by atoms with E-state index in [0.717, 1.165) is 25.8 Å². The SMILES string of the molecule is C#CCCCCCCCCCCCCCCCCCC(=O)NCC[N+](C)(C)CCCS(=O)(=O)O. The summed E-state index contributed by atoms with van der Waals surface area (Å²) in [6.45, 7) is 1.97. The summed E-state index contributed by atoms with van der Waals surface area (Å²) in [6.07, 6.45) is 26.4. The lowest BCUT2D eigenvalue weighted by Gasteiger charge is -2.29. The third-order valence-electron chi connectivity index (χ3n) is 6.43. The van der Waals surface area contributed by atoms with Crippen LogP contribution in [0.15, 0.2) is 0 Å². The fourth-order valence-electron chi connectivity index (χ4n) is 4.18. The maximum absolute atomic E-state index is 12.0. The number of unbranched alkanes of at least 4 members (excludes halogenated alkanes) is 15. The molecule has 0 atom stereocenters. The van der Waals surface area contributed by atoms with Crippen LogP contribution in [0.5, 0.6) is 0 Å². The molecule has 7 heteroatoms. The van der Waals surface area contributed by atoms with Crippen molar-refractivity contribution >= 4 is 16.0 Å². The average molecular weight is 502 g/mol. The van der Waals surface area contributed by atoms with E-state index in [1.165, 1.54) is 83.5 Å². The minimum atomic E-state index is -3.89. The summed E-state index contributed by atoms with van der Waals surface area (Å²) < 4.78 is 31.0. The first-order valence-corrected chi connectivity index (χ1v) is 15.2. The van der Waals surface area contributed by atoms with E-state index in [9.17, 15) is 13.2 Å². The van der Waals surface area contributed by atoms with Crippen molar-refractivity contribution in [3.63, 3.8) is 0 Å². The Kier molecular flexibility index (Phi) is 20.5. The van der Waals surface area contributed by atoms with Crippen LogP contribution in [0.3, 0.4) is 0 Å². The Balaban J connectivity index is 3.39. The summed E-state index contributed by atoms with van der Waals surface area (Å²) in [5.74, 6) is 2.60. The number of nitrogens with one attached hydrogen (secondary N) is 1. The van der Waals surface area contributed by atoms with Crippen molar-refractivity contribution in [3.8, 4) is 12.3 Å². The molecule has 0 aliphatic carbocycles. The first-order chi connectivity index (χ1) is 16.2. The van der Waals surface area contributed by atoms with Gasteiger partial charge < -0.3 is 9.80 Å². The fraction of sp³-hybridized carbons (Fsp3) is 0.889. The molecule has 0 saturated carbocycles. The number of carbonyl (C=O) groups is 1. The van der Waals surface area contributed by atoms with Crippen molar-refractivity contribution in [2.75, 3.05) is 39.5 Å². The molecule has 0 aromatic rings. The molecule has 0 radical (unpaired) electrons. The third kappa shape index (κ3) is 25.5. The fourth-order valence-corrected chi connectivity index (χ4v) is 4.68. The summed E-state index contributed by atoms with van der Waals surface area (Å²) in [7, 11) is 0.108. The predicted octanol–water partition coefficient (Wildman–Crippen LogP) is 5.72. The van der Waals surface area contributed by atoms with Crippen molar-refractivity contribution in [2.45, 2.75) is 116 Å². The molecular formula is C27H53N2O4S+. The molecule has 34 heavy (non-hydrogen) atoms. The molecule has 0 fully saturated rings. The third-order valence-corrected chi connectivity index (χ3v) is 7.23. The van der Waals surface area contributed by atoms with Crippen LogP contribution in [-0.4, -0.2) is 62.8 Å². The van der Waals surface area contributed by atoms with Crippen LogP contribution in [-0.2, 0) is 14.9 Å². The van der Waals surface area contributed by atoms with Crippen molar-refractivity contribution in [2.24, 2.45) is 0 Å². The maximum atomic E-state index is 12.0. The van der Waals surface area contributed by atoms with Crippen LogP contribution >= 0.6 is 0 Å². The number of terminal acetylenes is 1. The van der Waals surface area contributed by atoms with Gasteiger partial charge in [-0.05, 0) is 12.8 Å². The van der Waals surface area contributed by atoms with Crippen LogP contribution < -0.4 is 5.32 Å². The van der Waals surface area contributed by atoms with E-state index in [0.29, 0.717) is 30.4 Å². The van der Waals surface area contributed by atoms with Crippen molar-refractivity contribution < 1.29 is 22.2 Å². The molecule has 0 rings (SSSR count). The van der Waals surface area contributed by atoms with Gasteiger partial charge in [0.25, 0.3) is 10.1 Å². The largest absolute Gasteiger partial charge is 0.350 e. The molecule has 0 heterocycles. The van der Waals surface area contributed by atoms with E-state index in [1.54, 1.807) is 0 Å². The zero-order valence-electron chi connectivity index (χ0n) is 22.2. The zero-order valence-corrected chi connectivity index (χ0v) is 23.0. The van der Waals surface area contributed by atoms with E-state index in [4.69, 9.17) is 11.0 Å². The first kappa shape index (κ1) is 32.9. The molecule has 0 unspecified atom stereocenters. The maximum Gasteiger partial charge on any atom is 0.265 e. The van der Waals surface area contributed by atoms with Gasteiger partial charge in [0.15, 0.2) is 0 Å². The number of quaternary nitrogens is 1. The highest BCUT2D eigenvalue weighted by Gasteiger charge is 2.16. The minimum absolute atomic E-state index is 0.102. The second-order valence-electron chi connectivity index (χ2n) is 10.4. The molecule has 6 nitrogen and oxygen atoms in total. The number of hydrogen-bond donors (Lipinski definition) is 2. The molecule has 0 saturated heterocycles. The van der Waals surface area contributed by atoms with Gasteiger partial charge in [-0.2, -0.15) is 8.42 Å². The predicted molar refractivity (Wildman–Crippen MR) is 143 cm³/mol. The van der Waals surface area contributed by atoms with Crippen molar-refractivity contribution in [1.29, 1.82) is 0 Å². The number of carbonyl (C=O) groups excluding carboxylic acids is 1. The first-order valence-electron chi connectivity index (χ1n) is 13.6. The van der Waals surface area contributed by atoms with Gasteiger partial charge in [-0.1, -0.05) is 83.5 Å². The molecule has 1 amide bonds. The molecule has 2 N–H and O–H groups in total. The monoisotopic (exact) mass is 501 g/mol. The molecule has 200 valence electrons. The van der Waals surface area contributed by atoms with Crippen LogP contribution in [0, 0.1) is 12.3 Å². The normalized spacial score (nSPS) is 11.9. The summed E-state index contributed by atoms with van der Waals surface area (Å²) in [4.78, 5) is 12.0. The van der Waals surface area contributed by atoms with Crippen molar-refractivity contribution in [3.05, 3.63) is 0 Å². The van der Waals surface area contributed by atoms with Gasteiger partial charge in [0.1, 0.15) is 0 Å². The summed E-state index contributed by atoms with van der Waals surface area (Å²) in [5, 5.41) is 2.97. The number of rotatable bonds is 24. The summed E-state index contributed by atoms with van der Waals surface area (Å²) in [6, 6.07) is 0. The quantitative estimate of drug-likeness (QED) is 0.0766. The standard InChI is InChI=1S/C27H52N2O4S/c1-4-5-6-7-8-9-10-11-12-13-14-15-16-17-18-19-20-22-27(30)28-23-25-29(2,3)24-21-26-34(31,32)33/h1H,5-26H2,2-3H3,(H-,28,30,31,32,33)/p+1. The Morgan fingerprint density at radius 2 is 1.21 bits per heavy atom. The molecule has 0 aromatic carbocycles. The molecule has 0 aliphatic heterocycles. The molecule has 0 aromatic heterocycles. The van der Waals surface area contributed by atoms with E-state index in [1.807, 2.05) is 14.1 Å². The minimum Gasteiger partial charge on any atom is -0.350 e. The number of hydrogen-bond acceptors (Lipinski definition) is 3. The van der Waals surface area contributed by atoms with Gasteiger partial charge in [-0.3, -0.25) is 9.35 Å². The zero-order chi connectivity index (χ0) is 25.5. The number of amides is 1. The molecular weight excluding hydrogens is 448 g/mol. The van der Waals surface area contributed by atoms with E-state index in [-0.39, 0.29) is 11.7 Å². The highest BCUT2D eigenvalue weighted by Crippen LogP contribution is 2.14. The second kappa shape index (κ2) is 21.2. The van der Waals surface area contributed by atoms with Gasteiger partial charge in [-0.15, -0.1) is 12.3 Å². The van der Waals surface area contributed by atoms with Crippen molar-refractivity contribution in [1.82, 2.24) is 5.32 Å². The number of likely N-dealkylation sites (N-methyl/N-ethyl adjacent to an activating group) is 1. The highest BCUT2D eigenvalue weighted by atomic mass is 32.2. The van der Waals surface area contributed by atoms with E-state index in [2.05, 4.69) is 11.2 Å².